The van der Waals surface area contributed by atoms with E-state index in [1.807, 2.05) is 58.0 Å². The average molecular weight is 574 g/mol. The number of methoxy groups -OCH3 is 1. The molecular formula is C31H43NO9. The third kappa shape index (κ3) is 10.4. The van der Waals surface area contributed by atoms with Crippen molar-refractivity contribution in [3.63, 3.8) is 0 Å². The zero-order valence-corrected chi connectivity index (χ0v) is 25.1. The fourth-order valence-electron chi connectivity index (χ4n) is 4.17. The lowest BCUT2D eigenvalue weighted by molar-refractivity contribution is -0.164. The fraction of sp³-hybridized carbons (Fsp3) is 0.548. The molecule has 1 aromatic carbocycles. The van der Waals surface area contributed by atoms with Gasteiger partial charge in [-0.25, -0.2) is 4.98 Å². The zero-order chi connectivity index (χ0) is 30.4. The highest BCUT2D eigenvalue weighted by Gasteiger charge is 2.35. The Morgan fingerprint density at radius 3 is 2.29 bits per heavy atom. The number of aromatic nitrogens is 1. The summed E-state index contributed by atoms with van der Waals surface area (Å²) in [5.41, 5.74) is -0.0349. The van der Waals surface area contributed by atoms with Crippen LogP contribution in [0.3, 0.4) is 0 Å². The number of ether oxygens (including phenoxy) is 6. The van der Waals surface area contributed by atoms with Crippen molar-refractivity contribution in [3.05, 3.63) is 48.3 Å². The van der Waals surface area contributed by atoms with Gasteiger partial charge in [0.05, 0.1) is 19.1 Å². The number of nitrogens with zero attached hydrogens (tertiary/aromatic N) is 1. The molecule has 0 fully saturated rings. The Hall–Kier alpha value is -3.66. The molecule has 0 amide bonds. The molecule has 0 saturated carbocycles. The molecule has 0 spiro atoms. The molecule has 2 aromatic rings. The molecule has 226 valence electrons. The molecule has 10 heteroatoms. The minimum absolute atomic E-state index is 0.0284. The molecule has 1 heterocycles. The van der Waals surface area contributed by atoms with Gasteiger partial charge < -0.3 is 28.4 Å². The van der Waals surface area contributed by atoms with Crippen LogP contribution in [0.1, 0.15) is 71.3 Å². The average Bonchev–Trinajstić information content (AvgIpc) is 2.95. The molecule has 0 N–H and O–H groups in total. The van der Waals surface area contributed by atoms with E-state index in [0.717, 1.165) is 6.42 Å². The summed E-state index contributed by atoms with van der Waals surface area (Å²) in [5.74, 6) is -1.60. The van der Waals surface area contributed by atoms with Gasteiger partial charge in [-0.15, -0.1) is 0 Å². The molecule has 2 rings (SSSR count). The summed E-state index contributed by atoms with van der Waals surface area (Å²) in [6, 6.07) is 10.8. The summed E-state index contributed by atoms with van der Waals surface area (Å²) < 4.78 is 33.9. The highest BCUT2D eigenvalue weighted by Crippen LogP contribution is 2.32. The maximum Gasteiger partial charge on any atom is 0.310 e. The van der Waals surface area contributed by atoms with E-state index in [1.165, 1.54) is 26.3 Å². The first kappa shape index (κ1) is 33.5. The van der Waals surface area contributed by atoms with E-state index in [2.05, 4.69) is 4.98 Å². The molecule has 0 aliphatic rings. The SMILES string of the molecule is CCCO[C@@H](CC)[C@@H](Oc1ccccc1)[C@H](C)OC(=O)[C@@H](CC(=O)c1nccc(OC)c1OCOC(C)=O)C(C)C. The number of para-hydroxylation sites is 1. The quantitative estimate of drug-likeness (QED) is 0.130. The largest absolute Gasteiger partial charge is 0.493 e. The van der Waals surface area contributed by atoms with Crippen molar-refractivity contribution in [2.75, 3.05) is 20.5 Å². The lowest BCUT2D eigenvalue weighted by atomic mass is 9.89. The van der Waals surface area contributed by atoms with Gasteiger partial charge in [0, 0.05) is 32.2 Å². The van der Waals surface area contributed by atoms with Crippen molar-refractivity contribution in [1.29, 1.82) is 0 Å². The van der Waals surface area contributed by atoms with Crippen LogP contribution in [-0.4, -0.2) is 61.5 Å². The first-order chi connectivity index (χ1) is 19.6. The Kier molecular flexibility index (Phi) is 14.1. The van der Waals surface area contributed by atoms with Crippen molar-refractivity contribution in [3.8, 4) is 17.2 Å². The van der Waals surface area contributed by atoms with E-state index >= 15 is 0 Å². The molecule has 1 aromatic heterocycles. The molecular weight excluding hydrogens is 530 g/mol. The topological polar surface area (TPSA) is 119 Å². The third-order valence-corrected chi connectivity index (χ3v) is 6.42. The molecule has 41 heavy (non-hydrogen) atoms. The summed E-state index contributed by atoms with van der Waals surface area (Å²) in [4.78, 5) is 42.3. The number of ketones is 1. The number of benzene rings is 1. The van der Waals surface area contributed by atoms with Crippen molar-refractivity contribution in [1.82, 2.24) is 4.98 Å². The van der Waals surface area contributed by atoms with Gasteiger partial charge in [-0.1, -0.05) is 45.9 Å². The molecule has 0 bridgehead atoms. The van der Waals surface area contributed by atoms with Crippen LogP contribution >= 0.6 is 0 Å². The molecule has 0 saturated heterocycles. The van der Waals surface area contributed by atoms with Crippen LogP contribution in [-0.2, 0) is 23.8 Å². The van der Waals surface area contributed by atoms with Gasteiger partial charge in [0.15, 0.2) is 29.1 Å². The van der Waals surface area contributed by atoms with Gasteiger partial charge in [0.2, 0.25) is 6.79 Å². The van der Waals surface area contributed by atoms with Gasteiger partial charge in [-0.05, 0) is 37.8 Å². The van der Waals surface area contributed by atoms with E-state index in [1.54, 1.807) is 6.92 Å². The van der Waals surface area contributed by atoms with E-state index in [0.29, 0.717) is 18.8 Å². The zero-order valence-electron chi connectivity index (χ0n) is 25.1. The van der Waals surface area contributed by atoms with E-state index in [9.17, 15) is 14.4 Å². The summed E-state index contributed by atoms with van der Waals surface area (Å²) in [6.45, 7) is 10.8. The second kappa shape index (κ2) is 17.2. The Morgan fingerprint density at radius 2 is 1.71 bits per heavy atom. The van der Waals surface area contributed by atoms with Crippen molar-refractivity contribution >= 4 is 17.7 Å². The summed E-state index contributed by atoms with van der Waals surface area (Å²) in [5, 5.41) is 0. The Labute approximate surface area is 242 Å². The van der Waals surface area contributed by atoms with Crippen LogP contribution in [0.5, 0.6) is 17.2 Å². The van der Waals surface area contributed by atoms with Gasteiger partial charge in [0.25, 0.3) is 0 Å². The number of pyridine rings is 1. The predicted octanol–water partition coefficient (Wildman–Crippen LogP) is 5.42. The molecule has 0 aliphatic carbocycles. The normalized spacial score (nSPS) is 14.0. The van der Waals surface area contributed by atoms with Gasteiger partial charge in [-0.3, -0.25) is 14.4 Å². The maximum absolute atomic E-state index is 13.5. The lowest BCUT2D eigenvalue weighted by Gasteiger charge is -2.32. The van der Waals surface area contributed by atoms with Crippen LogP contribution < -0.4 is 14.2 Å². The smallest absolute Gasteiger partial charge is 0.310 e. The van der Waals surface area contributed by atoms with E-state index in [4.69, 9.17) is 28.4 Å². The monoisotopic (exact) mass is 573 g/mol. The van der Waals surface area contributed by atoms with Crippen LogP contribution in [0.2, 0.25) is 0 Å². The van der Waals surface area contributed by atoms with Crippen molar-refractivity contribution in [2.24, 2.45) is 11.8 Å². The Morgan fingerprint density at radius 1 is 1.00 bits per heavy atom. The van der Waals surface area contributed by atoms with Gasteiger partial charge >= 0.3 is 11.9 Å². The number of hydrogen-bond acceptors (Lipinski definition) is 10. The second-order valence-electron chi connectivity index (χ2n) is 9.92. The number of carbonyl (C=O) groups is 3. The van der Waals surface area contributed by atoms with E-state index in [-0.39, 0.29) is 35.6 Å². The first-order valence-corrected chi connectivity index (χ1v) is 14.0. The Bertz CT molecular complexity index is 1110. The number of rotatable bonds is 18. The van der Waals surface area contributed by atoms with Crippen molar-refractivity contribution in [2.45, 2.75) is 79.1 Å². The summed E-state index contributed by atoms with van der Waals surface area (Å²) >= 11 is 0. The minimum Gasteiger partial charge on any atom is -0.493 e. The third-order valence-electron chi connectivity index (χ3n) is 6.42. The van der Waals surface area contributed by atoms with Crippen LogP contribution in [0, 0.1) is 11.8 Å². The number of carbonyl (C=O) groups excluding carboxylic acids is 3. The minimum atomic E-state index is -0.770. The van der Waals surface area contributed by atoms with E-state index < -0.39 is 42.6 Å². The highest BCUT2D eigenvalue weighted by atomic mass is 16.7. The second-order valence-corrected chi connectivity index (χ2v) is 9.92. The molecule has 0 radical (unpaired) electrons. The highest BCUT2D eigenvalue weighted by molar-refractivity contribution is 5.99. The molecule has 10 nitrogen and oxygen atoms in total. The predicted molar refractivity (Wildman–Crippen MR) is 152 cm³/mol. The molecule has 4 atom stereocenters. The number of esters is 2. The van der Waals surface area contributed by atoms with Gasteiger partial charge in [0.1, 0.15) is 11.9 Å². The van der Waals surface area contributed by atoms with Crippen LogP contribution in [0.25, 0.3) is 0 Å². The van der Waals surface area contributed by atoms with Gasteiger partial charge in [-0.2, -0.15) is 0 Å². The number of Topliss-reactive ketones (excluding diaryl/α,β-unsaturated/α-hetero) is 1. The lowest BCUT2D eigenvalue weighted by Crippen LogP contribution is -2.45. The van der Waals surface area contributed by atoms with Crippen LogP contribution in [0.15, 0.2) is 42.6 Å². The van der Waals surface area contributed by atoms with Crippen molar-refractivity contribution < 1.29 is 42.8 Å². The van der Waals surface area contributed by atoms with Crippen LogP contribution in [0.4, 0.5) is 0 Å². The first-order valence-electron chi connectivity index (χ1n) is 14.0. The summed E-state index contributed by atoms with van der Waals surface area (Å²) in [6.07, 6.45) is 1.17. The Balaban J connectivity index is 2.24. The standard InChI is InChI=1S/C31H43NO9/c1-8-17-37-26(9-2)29(41-23-13-11-10-12-14-23)21(5)40-31(35)24(20(3)4)18-25(34)28-30(39-19-38-22(6)33)27(36-7)15-16-32-28/h10-16,20-21,24,26,29H,8-9,17-19H2,1-7H3/t21-,24-,26-,29-/m0/s1. The molecule has 0 unspecified atom stereocenters. The summed E-state index contributed by atoms with van der Waals surface area (Å²) in [7, 11) is 1.42. The fourth-order valence-corrected chi connectivity index (χ4v) is 4.17. The maximum atomic E-state index is 13.5. The molecule has 0 aliphatic heterocycles. The number of hydrogen-bond donors (Lipinski definition) is 0.